The van der Waals surface area contributed by atoms with Gasteiger partial charge in [0.1, 0.15) is 0 Å². The molecule has 1 rings (SSSR count). The van der Waals surface area contributed by atoms with Crippen LogP contribution in [0.4, 0.5) is 0 Å². The normalized spacial score (nSPS) is 22.2. The largest absolute Gasteiger partial charge is 0.330 e. The summed E-state index contributed by atoms with van der Waals surface area (Å²) in [5.74, 6) is 0. The molecule has 0 amide bonds. The van der Waals surface area contributed by atoms with Crippen LogP contribution in [-0.2, 0) is 0 Å². The fourth-order valence-corrected chi connectivity index (χ4v) is 1.45. The Morgan fingerprint density at radius 1 is 1.50 bits per heavy atom. The highest BCUT2D eigenvalue weighted by Gasteiger charge is 2.34. The molecule has 1 aliphatic heterocycles. The Bertz CT molecular complexity index is 91.9. The lowest BCUT2D eigenvalue weighted by atomic mass is 9.77. The number of hydrogen-bond donors (Lipinski definition) is 2. The predicted octanol–water partition coefficient (Wildman–Crippen LogP) is 0.725. The zero-order valence-corrected chi connectivity index (χ0v) is 6.82. The molecule has 3 N–H and O–H groups in total. The Balaban J connectivity index is 2.20. The first-order valence-electron chi connectivity index (χ1n) is 4.24. The minimum absolute atomic E-state index is 0.482. The van der Waals surface area contributed by atoms with Crippen LogP contribution >= 0.6 is 0 Å². The molecule has 2 nitrogen and oxygen atoms in total. The van der Waals surface area contributed by atoms with Crippen molar-refractivity contribution in [1.82, 2.24) is 5.32 Å². The molecule has 0 aliphatic carbocycles. The van der Waals surface area contributed by atoms with Gasteiger partial charge < -0.3 is 11.1 Å². The van der Waals surface area contributed by atoms with Crippen LogP contribution in [0.3, 0.4) is 0 Å². The van der Waals surface area contributed by atoms with Crippen LogP contribution in [0, 0.1) is 5.41 Å². The summed E-state index contributed by atoms with van der Waals surface area (Å²) in [6.07, 6.45) is 3.94. The zero-order chi connectivity index (χ0) is 7.45. The molecule has 0 bridgehead atoms. The van der Waals surface area contributed by atoms with Crippen molar-refractivity contribution < 1.29 is 0 Å². The third-order valence-electron chi connectivity index (χ3n) is 2.49. The number of nitrogens with two attached hydrogens (primary N) is 1. The third kappa shape index (κ3) is 1.50. The van der Waals surface area contributed by atoms with Crippen LogP contribution in [0.2, 0.25) is 0 Å². The maximum Gasteiger partial charge on any atom is 0.00750 e. The standard InChI is InChI=1S/C8H18N2/c1-2-3-4-8(5-9)6-10-7-8/h10H,2-7,9H2,1H3. The second kappa shape index (κ2) is 3.35. The van der Waals surface area contributed by atoms with Crippen molar-refractivity contribution in [3.8, 4) is 0 Å². The average molecular weight is 142 g/mol. The van der Waals surface area contributed by atoms with Gasteiger partial charge in [0.25, 0.3) is 0 Å². The highest BCUT2D eigenvalue weighted by Crippen LogP contribution is 2.27. The lowest BCUT2D eigenvalue weighted by Crippen LogP contribution is -2.57. The summed E-state index contributed by atoms with van der Waals surface area (Å²) in [7, 11) is 0. The number of rotatable bonds is 4. The van der Waals surface area contributed by atoms with Gasteiger partial charge in [-0.25, -0.2) is 0 Å². The highest BCUT2D eigenvalue weighted by atomic mass is 15.0. The second-order valence-corrected chi connectivity index (χ2v) is 3.41. The summed E-state index contributed by atoms with van der Waals surface area (Å²) in [6.45, 7) is 5.38. The summed E-state index contributed by atoms with van der Waals surface area (Å²) in [5.41, 5.74) is 6.15. The molecule has 0 aromatic rings. The molecular formula is C8H18N2. The minimum Gasteiger partial charge on any atom is -0.330 e. The van der Waals surface area contributed by atoms with Gasteiger partial charge in [0.15, 0.2) is 0 Å². The lowest BCUT2D eigenvalue weighted by molar-refractivity contribution is 0.159. The highest BCUT2D eigenvalue weighted by molar-refractivity contribution is 4.92. The zero-order valence-electron chi connectivity index (χ0n) is 6.82. The number of hydrogen-bond acceptors (Lipinski definition) is 2. The molecule has 0 spiro atoms. The fourth-order valence-electron chi connectivity index (χ4n) is 1.45. The van der Waals surface area contributed by atoms with Gasteiger partial charge in [-0.1, -0.05) is 19.8 Å². The van der Waals surface area contributed by atoms with E-state index in [4.69, 9.17) is 5.73 Å². The molecular weight excluding hydrogens is 124 g/mol. The molecule has 0 aromatic carbocycles. The van der Waals surface area contributed by atoms with Crippen molar-refractivity contribution in [3.63, 3.8) is 0 Å². The van der Waals surface area contributed by atoms with Gasteiger partial charge in [-0.05, 0) is 6.42 Å². The van der Waals surface area contributed by atoms with E-state index in [2.05, 4.69) is 12.2 Å². The molecule has 60 valence electrons. The monoisotopic (exact) mass is 142 g/mol. The van der Waals surface area contributed by atoms with E-state index in [1.807, 2.05) is 0 Å². The Morgan fingerprint density at radius 2 is 2.20 bits per heavy atom. The Labute approximate surface area is 63.2 Å². The Morgan fingerprint density at radius 3 is 2.50 bits per heavy atom. The van der Waals surface area contributed by atoms with E-state index < -0.39 is 0 Å². The molecule has 0 aromatic heterocycles. The number of nitrogens with one attached hydrogen (secondary N) is 1. The van der Waals surface area contributed by atoms with Gasteiger partial charge in [0.2, 0.25) is 0 Å². The van der Waals surface area contributed by atoms with Crippen molar-refractivity contribution >= 4 is 0 Å². The summed E-state index contributed by atoms with van der Waals surface area (Å²) in [6, 6.07) is 0. The maximum atomic E-state index is 5.67. The molecule has 0 radical (unpaired) electrons. The van der Waals surface area contributed by atoms with Crippen molar-refractivity contribution in [3.05, 3.63) is 0 Å². The molecule has 10 heavy (non-hydrogen) atoms. The smallest absolute Gasteiger partial charge is 0.00750 e. The summed E-state index contributed by atoms with van der Waals surface area (Å²) >= 11 is 0. The van der Waals surface area contributed by atoms with Crippen LogP contribution < -0.4 is 11.1 Å². The van der Waals surface area contributed by atoms with E-state index in [1.165, 1.54) is 19.3 Å². The van der Waals surface area contributed by atoms with E-state index in [9.17, 15) is 0 Å². The quantitative estimate of drug-likeness (QED) is 0.607. The van der Waals surface area contributed by atoms with Crippen LogP contribution in [-0.4, -0.2) is 19.6 Å². The Kier molecular flexibility index (Phi) is 2.69. The molecule has 0 atom stereocenters. The van der Waals surface area contributed by atoms with E-state index in [0.29, 0.717) is 5.41 Å². The summed E-state index contributed by atoms with van der Waals surface area (Å²) in [4.78, 5) is 0. The molecule has 0 unspecified atom stereocenters. The van der Waals surface area contributed by atoms with Crippen LogP contribution in [0.25, 0.3) is 0 Å². The predicted molar refractivity (Wildman–Crippen MR) is 43.9 cm³/mol. The van der Waals surface area contributed by atoms with Gasteiger partial charge in [-0.3, -0.25) is 0 Å². The van der Waals surface area contributed by atoms with Gasteiger partial charge in [0.05, 0.1) is 0 Å². The average Bonchev–Trinajstić information content (AvgIpc) is 1.87. The van der Waals surface area contributed by atoms with Gasteiger partial charge in [0, 0.05) is 25.0 Å². The first-order chi connectivity index (χ1) is 4.83. The fraction of sp³-hybridized carbons (Fsp3) is 1.00. The topological polar surface area (TPSA) is 38.0 Å². The van der Waals surface area contributed by atoms with Crippen LogP contribution in [0.1, 0.15) is 26.2 Å². The number of unbranched alkanes of at least 4 members (excludes halogenated alkanes) is 1. The van der Waals surface area contributed by atoms with Crippen molar-refractivity contribution in [2.45, 2.75) is 26.2 Å². The van der Waals surface area contributed by atoms with Crippen LogP contribution in [0.15, 0.2) is 0 Å². The third-order valence-corrected chi connectivity index (χ3v) is 2.49. The summed E-state index contributed by atoms with van der Waals surface area (Å²) < 4.78 is 0. The van der Waals surface area contributed by atoms with E-state index >= 15 is 0 Å². The van der Waals surface area contributed by atoms with E-state index in [1.54, 1.807) is 0 Å². The molecule has 1 heterocycles. The Hall–Kier alpha value is -0.0800. The molecule has 1 saturated heterocycles. The van der Waals surface area contributed by atoms with Gasteiger partial charge in [-0.2, -0.15) is 0 Å². The maximum absolute atomic E-state index is 5.67. The van der Waals surface area contributed by atoms with Crippen LogP contribution in [0.5, 0.6) is 0 Å². The van der Waals surface area contributed by atoms with Gasteiger partial charge in [-0.15, -0.1) is 0 Å². The minimum atomic E-state index is 0.482. The SMILES string of the molecule is CCCCC1(CN)CNC1. The van der Waals surface area contributed by atoms with Gasteiger partial charge >= 0.3 is 0 Å². The first kappa shape index (κ1) is 8.02. The molecule has 1 fully saturated rings. The molecule has 0 saturated carbocycles. The molecule has 1 aliphatic rings. The summed E-state index contributed by atoms with van der Waals surface area (Å²) in [5, 5.41) is 3.28. The van der Waals surface area contributed by atoms with Crippen molar-refractivity contribution in [2.24, 2.45) is 11.1 Å². The van der Waals surface area contributed by atoms with Crippen molar-refractivity contribution in [1.29, 1.82) is 0 Å². The van der Waals surface area contributed by atoms with E-state index in [-0.39, 0.29) is 0 Å². The van der Waals surface area contributed by atoms with Crippen molar-refractivity contribution in [2.75, 3.05) is 19.6 Å². The second-order valence-electron chi connectivity index (χ2n) is 3.41. The van der Waals surface area contributed by atoms with E-state index in [0.717, 1.165) is 19.6 Å². The lowest BCUT2D eigenvalue weighted by Gasteiger charge is -2.42. The first-order valence-corrected chi connectivity index (χ1v) is 4.24. The molecule has 2 heteroatoms.